The van der Waals surface area contributed by atoms with Crippen molar-refractivity contribution in [3.63, 3.8) is 0 Å². The van der Waals surface area contributed by atoms with Crippen LogP contribution in [0.4, 0.5) is 0 Å². The molecule has 0 radical (unpaired) electrons. The third kappa shape index (κ3) is 5.51. The number of aliphatic hydroxyl groups excluding tert-OH is 1. The lowest BCUT2D eigenvalue weighted by atomic mass is 9.85. The van der Waals surface area contributed by atoms with Gasteiger partial charge in [0.1, 0.15) is 17.5 Å². The Balaban J connectivity index is 2.08. The summed E-state index contributed by atoms with van der Waals surface area (Å²) < 4.78 is 17.1. The molecule has 0 amide bonds. The van der Waals surface area contributed by atoms with Crippen molar-refractivity contribution in [1.82, 2.24) is 5.32 Å². The molecule has 0 spiro atoms. The zero-order valence-corrected chi connectivity index (χ0v) is 17.1. The molecule has 2 atom stereocenters. The van der Waals surface area contributed by atoms with Crippen LogP contribution in [0.3, 0.4) is 0 Å². The van der Waals surface area contributed by atoms with Crippen molar-refractivity contribution in [2.75, 3.05) is 19.8 Å². The Morgan fingerprint density at radius 3 is 2.56 bits per heavy atom. The predicted octanol–water partition coefficient (Wildman–Crippen LogP) is 3.23. The fraction of sp³-hybridized carbons (Fsp3) is 0.667. The average Bonchev–Trinajstić information content (AvgIpc) is 2.61. The van der Waals surface area contributed by atoms with Crippen LogP contribution in [0.15, 0.2) is 18.2 Å². The van der Waals surface area contributed by atoms with Crippen LogP contribution >= 0.6 is 0 Å². The number of carbonyl (C=O) groups is 1. The van der Waals surface area contributed by atoms with Gasteiger partial charge < -0.3 is 24.6 Å². The van der Waals surface area contributed by atoms with E-state index < -0.39 is 11.7 Å². The van der Waals surface area contributed by atoms with Crippen molar-refractivity contribution < 1.29 is 24.1 Å². The van der Waals surface area contributed by atoms with Crippen LogP contribution in [-0.4, -0.2) is 48.6 Å². The molecule has 6 nitrogen and oxygen atoms in total. The van der Waals surface area contributed by atoms with Crippen LogP contribution in [-0.2, 0) is 9.47 Å². The highest BCUT2D eigenvalue weighted by molar-refractivity contribution is 5.94. The van der Waals surface area contributed by atoms with E-state index in [9.17, 15) is 9.90 Å². The molecule has 1 aliphatic rings. The Bertz CT molecular complexity index is 625. The number of hydrogen-bond donors (Lipinski definition) is 2. The molecular formula is C21H33NO5. The molecule has 0 aromatic heterocycles. The lowest BCUT2D eigenvalue weighted by Crippen LogP contribution is -2.52. The van der Waals surface area contributed by atoms with Crippen molar-refractivity contribution in [3.05, 3.63) is 29.3 Å². The highest BCUT2D eigenvalue weighted by Crippen LogP contribution is 2.40. The number of ether oxygens (including phenoxy) is 3. The number of hydrogen-bond acceptors (Lipinski definition) is 6. The minimum Gasteiger partial charge on any atom is -0.485 e. The molecule has 0 aliphatic carbocycles. The molecule has 6 heteroatoms. The maximum atomic E-state index is 11.8. The summed E-state index contributed by atoms with van der Waals surface area (Å²) in [6.45, 7) is 11.1. The van der Waals surface area contributed by atoms with E-state index in [1.165, 1.54) is 6.92 Å². The summed E-state index contributed by atoms with van der Waals surface area (Å²) in [5.74, 6) is 0.696. The van der Waals surface area contributed by atoms with E-state index in [1.54, 1.807) is 6.07 Å². The quantitative estimate of drug-likeness (QED) is 0.369. The normalized spacial score (nSPS) is 21.0. The van der Waals surface area contributed by atoms with Crippen LogP contribution in [0.25, 0.3) is 0 Å². The average molecular weight is 379 g/mol. The van der Waals surface area contributed by atoms with Crippen molar-refractivity contribution >= 4 is 5.78 Å². The molecule has 1 aromatic rings. The molecule has 0 bridgehead atoms. The number of carbonyl (C=O) groups excluding carboxylic acids is 1. The van der Waals surface area contributed by atoms with Gasteiger partial charge in [0, 0.05) is 24.3 Å². The van der Waals surface area contributed by atoms with Gasteiger partial charge in [-0.05, 0) is 72.2 Å². The van der Waals surface area contributed by atoms with Crippen LogP contribution < -0.4 is 10.1 Å². The molecule has 2 rings (SSSR count). The van der Waals surface area contributed by atoms with Gasteiger partial charge in [-0.3, -0.25) is 4.79 Å². The van der Waals surface area contributed by atoms with Crippen molar-refractivity contribution in [3.8, 4) is 5.75 Å². The van der Waals surface area contributed by atoms with Gasteiger partial charge in [0.05, 0.1) is 6.04 Å². The number of aliphatic hydroxyl groups is 1. The first-order valence-corrected chi connectivity index (χ1v) is 9.78. The zero-order chi connectivity index (χ0) is 20.0. The number of rotatable bonds is 10. The second kappa shape index (κ2) is 9.64. The van der Waals surface area contributed by atoms with Gasteiger partial charge in [0.15, 0.2) is 12.1 Å². The molecular weight excluding hydrogens is 346 g/mol. The smallest absolute Gasteiger partial charge is 0.159 e. The largest absolute Gasteiger partial charge is 0.485 e. The fourth-order valence-corrected chi connectivity index (χ4v) is 3.35. The number of fused-ring (bicyclic) bond motifs is 1. The van der Waals surface area contributed by atoms with E-state index in [0.29, 0.717) is 31.1 Å². The highest BCUT2D eigenvalue weighted by Gasteiger charge is 2.42. The molecule has 27 heavy (non-hydrogen) atoms. The van der Waals surface area contributed by atoms with Gasteiger partial charge >= 0.3 is 0 Å². The Morgan fingerprint density at radius 1 is 1.30 bits per heavy atom. The van der Waals surface area contributed by atoms with E-state index in [4.69, 9.17) is 14.2 Å². The number of nitrogens with one attached hydrogen (secondary N) is 1. The standard InChI is InChI=1S/C21H33NO5/c1-6-25-18(26-7-2)9-8-12-22-19-16-13-15(14(3)23)10-11-17(16)27-21(4,5)20(19)24/h10-11,13,18-20,22,24H,6-9,12H2,1-5H3. The van der Waals surface area contributed by atoms with Crippen molar-refractivity contribution in [1.29, 1.82) is 0 Å². The van der Waals surface area contributed by atoms with Crippen molar-refractivity contribution in [2.45, 2.75) is 71.5 Å². The van der Waals surface area contributed by atoms with Gasteiger partial charge in [-0.2, -0.15) is 0 Å². The molecule has 0 saturated carbocycles. The van der Waals surface area contributed by atoms with Gasteiger partial charge in [-0.15, -0.1) is 0 Å². The Hall–Kier alpha value is -1.47. The first-order valence-electron chi connectivity index (χ1n) is 9.78. The number of ketones is 1. The Kier molecular flexibility index (Phi) is 7.79. The molecule has 0 fully saturated rings. The summed E-state index contributed by atoms with van der Waals surface area (Å²) in [4.78, 5) is 11.8. The summed E-state index contributed by atoms with van der Waals surface area (Å²) in [6.07, 6.45) is 0.686. The second-order valence-electron chi connectivity index (χ2n) is 7.37. The lowest BCUT2D eigenvalue weighted by molar-refractivity contribution is -0.140. The molecule has 1 aromatic carbocycles. The first-order chi connectivity index (χ1) is 12.8. The summed E-state index contributed by atoms with van der Waals surface area (Å²) >= 11 is 0. The zero-order valence-electron chi connectivity index (χ0n) is 17.1. The predicted molar refractivity (Wildman–Crippen MR) is 104 cm³/mol. The van der Waals surface area contributed by atoms with Crippen LogP contribution in [0.2, 0.25) is 0 Å². The molecule has 1 heterocycles. The van der Waals surface area contributed by atoms with Gasteiger partial charge in [-0.25, -0.2) is 0 Å². The summed E-state index contributed by atoms with van der Waals surface area (Å²) in [5.41, 5.74) is 0.714. The minimum absolute atomic E-state index is 0.00727. The first kappa shape index (κ1) is 21.8. The van der Waals surface area contributed by atoms with E-state index in [-0.39, 0.29) is 18.1 Å². The highest BCUT2D eigenvalue weighted by atomic mass is 16.7. The molecule has 0 saturated heterocycles. The Morgan fingerprint density at radius 2 is 1.96 bits per heavy atom. The summed E-state index contributed by atoms with van der Waals surface area (Å²) in [7, 11) is 0. The monoisotopic (exact) mass is 379 g/mol. The third-order valence-corrected chi connectivity index (χ3v) is 4.84. The summed E-state index contributed by atoms with van der Waals surface area (Å²) in [6, 6.07) is 5.09. The molecule has 152 valence electrons. The van der Waals surface area contributed by atoms with Gasteiger partial charge in [-0.1, -0.05) is 0 Å². The van der Waals surface area contributed by atoms with E-state index in [2.05, 4.69) is 5.32 Å². The maximum absolute atomic E-state index is 11.8. The van der Waals surface area contributed by atoms with Crippen molar-refractivity contribution in [2.24, 2.45) is 0 Å². The Labute approximate surface area is 162 Å². The number of benzene rings is 1. The van der Waals surface area contributed by atoms with Crippen LogP contribution in [0.5, 0.6) is 5.75 Å². The molecule has 2 unspecified atom stereocenters. The van der Waals surface area contributed by atoms with E-state index in [1.807, 2.05) is 39.8 Å². The second-order valence-corrected chi connectivity index (χ2v) is 7.37. The number of Topliss-reactive ketones (excluding diaryl/α,β-unsaturated/α-hetero) is 1. The maximum Gasteiger partial charge on any atom is 0.159 e. The molecule has 1 aliphatic heterocycles. The topological polar surface area (TPSA) is 77.0 Å². The molecule has 2 N–H and O–H groups in total. The van der Waals surface area contributed by atoms with Crippen LogP contribution in [0.1, 0.15) is 69.4 Å². The third-order valence-electron chi connectivity index (χ3n) is 4.84. The van der Waals surface area contributed by atoms with E-state index >= 15 is 0 Å². The van der Waals surface area contributed by atoms with E-state index in [0.717, 1.165) is 18.4 Å². The lowest BCUT2D eigenvalue weighted by Gasteiger charge is -2.42. The van der Waals surface area contributed by atoms with Crippen LogP contribution in [0, 0.1) is 0 Å². The van der Waals surface area contributed by atoms with Gasteiger partial charge in [0.2, 0.25) is 0 Å². The van der Waals surface area contributed by atoms with Gasteiger partial charge in [0.25, 0.3) is 0 Å². The summed E-state index contributed by atoms with van der Waals surface area (Å²) in [5, 5.41) is 14.3. The SMILES string of the molecule is CCOC(CCCNC1c2cc(C(C)=O)ccc2OC(C)(C)C1O)OCC. The fourth-order valence-electron chi connectivity index (χ4n) is 3.35. The minimum atomic E-state index is -0.734.